The Kier molecular flexibility index (Phi) is 4.32. The van der Waals surface area contributed by atoms with Crippen LogP contribution in [0.15, 0.2) is 30.0 Å². The van der Waals surface area contributed by atoms with Gasteiger partial charge in [0.25, 0.3) is 0 Å². The van der Waals surface area contributed by atoms with E-state index in [9.17, 15) is 17.6 Å². The molecule has 98 valence electrons. The predicted octanol–water partition coefficient (Wildman–Crippen LogP) is 3.07. The quantitative estimate of drug-likeness (QED) is 0.677. The van der Waals surface area contributed by atoms with E-state index in [1.165, 1.54) is 12.1 Å². The zero-order valence-corrected chi connectivity index (χ0v) is 9.12. The van der Waals surface area contributed by atoms with Crippen molar-refractivity contribution < 1.29 is 22.3 Å². The van der Waals surface area contributed by atoms with E-state index in [1.807, 2.05) is 0 Å². The predicted molar refractivity (Wildman–Crippen MR) is 56.0 cm³/mol. The maximum absolute atomic E-state index is 13.6. The minimum Gasteiger partial charge on any atom is -0.403 e. The zero-order valence-electron chi connectivity index (χ0n) is 9.12. The molecule has 0 saturated heterocycles. The van der Waals surface area contributed by atoms with Crippen molar-refractivity contribution >= 4 is 5.69 Å². The number of nitrogens with one attached hydrogen (secondary N) is 1. The number of benzene rings is 1. The number of anilines is 1. The molecule has 0 bridgehead atoms. The molecule has 1 aromatic carbocycles. The smallest absolute Gasteiger partial charge is 0.403 e. The molecule has 0 spiro atoms. The molecule has 0 aromatic heterocycles. The highest BCUT2D eigenvalue weighted by Crippen LogP contribution is 2.29. The maximum Gasteiger partial charge on any atom is 0.573 e. The number of allylic oxidation sites excluding steroid dienone is 1. The molecule has 0 aliphatic carbocycles. The summed E-state index contributed by atoms with van der Waals surface area (Å²) in [5.74, 6) is -2.30. The lowest BCUT2D eigenvalue weighted by atomic mass is 10.2. The summed E-state index contributed by atoms with van der Waals surface area (Å²) in [6.45, 7) is 0. The standard InChI is InChI=1S/C11H5F4N3O/c12-10-8(18-6-7(4-16)5-17)2-1-3-9(10)19-11(13,14)15/h1-3,6,18H. The maximum atomic E-state index is 13.6. The van der Waals surface area contributed by atoms with Crippen LogP contribution in [0.5, 0.6) is 5.75 Å². The molecule has 0 saturated carbocycles. The lowest BCUT2D eigenvalue weighted by Crippen LogP contribution is -2.18. The molecule has 0 aliphatic rings. The second kappa shape index (κ2) is 5.74. The average Bonchev–Trinajstić information content (AvgIpc) is 2.33. The number of ether oxygens (including phenoxy) is 1. The number of rotatable bonds is 3. The van der Waals surface area contributed by atoms with Crippen LogP contribution in [0.1, 0.15) is 0 Å². The van der Waals surface area contributed by atoms with Gasteiger partial charge in [-0.3, -0.25) is 0 Å². The van der Waals surface area contributed by atoms with E-state index in [1.54, 1.807) is 0 Å². The highest BCUT2D eigenvalue weighted by Gasteiger charge is 2.32. The van der Waals surface area contributed by atoms with Gasteiger partial charge in [-0.25, -0.2) is 4.39 Å². The molecule has 1 rings (SSSR count). The second-order valence-corrected chi connectivity index (χ2v) is 3.09. The van der Waals surface area contributed by atoms with Crippen molar-refractivity contribution in [2.45, 2.75) is 6.36 Å². The van der Waals surface area contributed by atoms with Crippen LogP contribution in [0, 0.1) is 28.5 Å². The molecule has 0 radical (unpaired) electrons. The summed E-state index contributed by atoms with van der Waals surface area (Å²) in [4.78, 5) is 0. The van der Waals surface area contributed by atoms with Gasteiger partial charge in [0.05, 0.1) is 5.69 Å². The summed E-state index contributed by atoms with van der Waals surface area (Å²) in [7, 11) is 0. The Balaban J connectivity index is 3.00. The minimum atomic E-state index is -5.01. The van der Waals surface area contributed by atoms with E-state index in [4.69, 9.17) is 10.5 Å². The van der Waals surface area contributed by atoms with Crippen molar-refractivity contribution in [3.05, 3.63) is 35.8 Å². The normalized spacial score (nSPS) is 10.0. The molecular weight excluding hydrogens is 266 g/mol. The Bertz CT molecular complexity index is 565. The van der Waals surface area contributed by atoms with Crippen molar-refractivity contribution in [2.24, 2.45) is 0 Å². The topological polar surface area (TPSA) is 68.8 Å². The van der Waals surface area contributed by atoms with E-state index in [-0.39, 0.29) is 11.3 Å². The van der Waals surface area contributed by atoms with Crippen molar-refractivity contribution in [3.8, 4) is 17.9 Å². The molecule has 1 N–H and O–H groups in total. The molecule has 8 heteroatoms. The Morgan fingerprint density at radius 3 is 2.42 bits per heavy atom. The highest BCUT2D eigenvalue weighted by atomic mass is 19.4. The van der Waals surface area contributed by atoms with Crippen LogP contribution in [0.2, 0.25) is 0 Å². The van der Waals surface area contributed by atoms with Crippen molar-refractivity contribution in [3.63, 3.8) is 0 Å². The van der Waals surface area contributed by atoms with E-state index in [2.05, 4.69) is 10.1 Å². The fourth-order valence-electron chi connectivity index (χ4n) is 1.07. The first-order chi connectivity index (χ1) is 8.87. The lowest BCUT2D eigenvalue weighted by molar-refractivity contribution is -0.275. The molecular formula is C11H5F4N3O. The van der Waals surface area contributed by atoms with Gasteiger partial charge in [0.15, 0.2) is 11.6 Å². The molecule has 0 aliphatic heterocycles. The van der Waals surface area contributed by atoms with Crippen molar-refractivity contribution in [1.82, 2.24) is 0 Å². The molecule has 0 unspecified atom stereocenters. The van der Waals surface area contributed by atoms with Gasteiger partial charge in [0.1, 0.15) is 17.7 Å². The van der Waals surface area contributed by atoms with Gasteiger partial charge in [-0.2, -0.15) is 10.5 Å². The van der Waals surface area contributed by atoms with E-state index < -0.39 is 17.9 Å². The van der Waals surface area contributed by atoms with Crippen LogP contribution >= 0.6 is 0 Å². The zero-order chi connectivity index (χ0) is 14.5. The average molecular weight is 271 g/mol. The summed E-state index contributed by atoms with van der Waals surface area (Å²) in [5, 5.41) is 19.1. The van der Waals surface area contributed by atoms with E-state index in [0.717, 1.165) is 24.4 Å². The Labute approximate surface area is 105 Å². The number of hydrogen-bond donors (Lipinski definition) is 1. The lowest BCUT2D eigenvalue weighted by Gasteiger charge is -2.11. The molecule has 0 fully saturated rings. The third-order valence-corrected chi connectivity index (χ3v) is 1.80. The summed E-state index contributed by atoms with van der Waals surface area (Å²) in [5.41, 5.74) is -0.716. The summed E-state index contributed by atoms with van der Waals surface area (Å²) < 4.78 is 53.0. The fourth-order valence-corrected chi connectivity index (χ4v) is 1.07. The minimum absolute atomic E-state index is 0.357. The van der Waals surface area contributed by atoms with Crippen LogP contribution in [0.4, 0.5) is 23.2 Å². The van der Waals surface area contributed by atoms with E-state index >= 15 is 0 Å². The summed E-state index contributed by atoms with van der Waals surface area (Å²) in [6, 6.07) is 6.05. The third kappa shape index (κ3) is 4.21. The van der Waals surface area contributed by atoms with E-state index in [0.29, 0.717) is 0 Å². The largest absolute Gasteiger partial charge is 0.573 e. The SMILES string of the molecule is N#CC(C#N)=CNc1cccc(OC(F)(F)F)c1F. The highest BCUT2D eigenvalue weighted by molar-refractivity contribution is 5.54. The first-order valence-electron chi connectivity index (χ1n) is 4.68. The van der Waals surface area contributed by atoms with Gasteiger partial charge >= 0.3 is 6.36 Å². The molecule has 0 atom stereocenters. The first-order valence-corrected chi connectivity index (χ1v) is 4.68. The molecule has 19 heavy (non-hydrogen) atoms. The van der Waals surface area contributed by atoms with Crippen molar-refractivity contribution in [1.29, 1.82) is 10.5 Å². The molecule has 0 heterocycles. The molecule has 1 aromatic rings. The summed E-state index contributed by atoms with van der Waals surface area (Å²) >= 11 is 0. The van der Waals surface area contributed by atoms with Crippen LogP contribution in [0.3, 0.4) is 0 Å². The van der Waals surface area contributed by atoms with Gasteiger partial charge in [-0.05, 0) is 12.1 Å². The number of nitrogens with zero attached hydrogens (tertiary/aromatic N) is 2. The monoisotopic (exact) mass is 271 g/mol. The number of alkyl halides is 3. The van der Waals surface area contributed by atoms with Gasteiger partial charge in [0, 0.05) is 6.20 Å². The molecule has 0 amide bonds. The summed E-state index contributed by atoms with van der Waals surface area (Å²) in [6.07, 6.45) is -4.14. The van der Waals surface area contributed by atoms with Gasteiger partial charge in [0.2, 0.25) is 0 Å². The van der Waals surface area contributed by atoms with Crippen LogP contribution < -0.4 is 10.1 Å². The second-order valence-electron chi connectivity index (χ2n) is 3.09. The Hall–Kier alpha value is -2.74. The number of hydrogen-bond acceptors (Lipinski definition) is 4. The third-order valence-electron chi connectivity index (χ3n) is 1.80. The Morgan fingerprint density at radius 1 is 1.26 bits per heavy atom. The van der Waals surface area contributed by atoms with Crippen LogP contribution in [0.25, 0.3) is 0 Å². The van der Waals surface area contributed by atoms with Crippen LogP contribution in [-0.4, -0.2) is 6.36 Å². The van der Waals surface area contributed by atoms with Gasteiger partial charge < -0.3 is 10.1 Å². The van der Waals surface area contributed by atoms with Gasteiger partial charge in [-0.15, -0.1) is 13.2 Å². The molecule has 4 nitrogen and oxygen atoms in total. The fraction of sp³-hybridized carbons (Fsp3) is 0.0909. The van der Waals surface area contributed by atoms with Gasteiger partial charge in [-0.1, -0.05) is 6.07 Å². The number of halogens is 4. The van der Waals surface area contributed by atoms with Crippen molar-refractivity contribution in [2.75, 3.05) is 5.32 Å². The first kappa shape index (κ1) is 14.3. The number of nitriles is 2. The Morgan fingerprint density at radius 2 is 1.89 bits per heavy atom. The van der Waals surface area contributed by atoms with Crippen LogP contribution in [-0.2, 0) is 0 Å².